The predicted octanol–water partition coefficient (Wildman–Crippen LogP) is 5.14. The monoisotopic (exact) mass is 290 g/mol. The van der Waals surface area contributed by atoms with E-state index < -0.39 is 0 Å². The molecule has 0 heterocycles. The Hall–Kier alpha value is -1.80. The van der Waals surface area contributed by atoms with E-state index in [2.05, 4.69) is 38.1 Å². The van der Waals surface area contributed by atoms with Crippen molar-refractivity contribution in [3.05, 3.63) is 66.2 Å². The number of rotatable bonds is 4. The first kappa shape index (κ1) is 21.5. The second-order valence-corrected chi connectivity index (χ2v) is 4.45. The third kappa shape index (κ3) is 9.69. The fraction of sp³-hybridized carbons (Fsp3) is 0.368. The van der Waals surface area contributed by atoms with Crippen molar-refractivity contribution in [2.24, 2.45) is 0 Å². The summed E-state index contributed by atoms with van der Waals surface area (Å²) in [5, 5.41) is 8.40. The van der Waals surface area contributed by atoms with Crippen molar-refractivity contribution < 1.29 is 9.84 Å². The Kier molecular flexibility index (Phi) is 13.5. The number of para-hydroxylation sites is 1. The van der Waals surface area contributed by atoms with Gasteiger partial charge in [0.1, 0.15) is 12.4 Å². The lowest BCUT2D eigenvalue weighted by Gasteiger charge is -2.01. The lowest BCUT2D eigenvalue weighted by atomic mass is 10.0. The van der Waals surface area contributed by atoms with Crippen LogP contribution in [0.3, 0.4) is 0 Å². The SMILES string of the molecule is C.C.CC(C)c1ccccc1.OCCOc1ccccc1. The van der Waals surface area contributed by atoms with E-state index in [1.807, 2.05) is 36.4 Å². The first-order valence-corrected chi connectivity index (χ1v) is 6.57. The molecule has 0 aliphatic heterocycles. The summed E-state index contributed by atoms with van der Waals surface area (Å²) in [5.74, 6) is 1.46. The number of aliphatic hydroxyl groups excluding tert-OH is 1. The third-order valence-corrected chi connectivity index (χ3v) is 2.57. The summed E-state index contributed by atoms with van der Waals surface area (Å²) in [6, 6.07) is 19.9. The molecule has 0 bridgehead atoms. The molecule has 0 amide bonds. The van der Waals surface area contributed by atoms with Crippen molar-refractivity contribution >= 4 is 0 Å². The van der Waals surface area contributed by atoms with Gasteiger partial charge in [-0.25, -0.2) is 0 Å². The molecule has 2 aromatic carbocycles. The van der Waals surface area contributed by atoms with E-state index in [9.17, 15) is 0 Å². The highest BCUT2D eigenvalue weighted by Crippen LogP contribution is 2.11. The van der Waals surface area contributed by atoms with Gasteiger partial charge in [-0.15, -0.1) is 0 Å². The van der Waals surface area contributed by atoms with Gasteiger partial charge in [-0.2, -0.15) is 0 Å². The van der Waals surface area contributed by atoms with Gasteiger partial charge in [-0.1, -0.05) is 77.2 Å². The van der Waals surface area contributed by atoms with E-state index in [-0.39, 0.29) is 21.5 Å². The van der Waals surface area contributed by atoms with Crippen LogP contribution in [0.2, 0.25) is 0 Å². The molecular formula is C19H30O2. The lowest BCUT2D eigenvalue weighted by molar-refractivity contribution is 0.201. The standard InChI is InChI=1S/C9H12.C8H10O2.2CH4/c1-8(2)9-6-4-3-5-7-9;9-6-7-10-8-4-2-1-3-5-8;;/h3-8H,1-2H3;1-5,9H,6-7H2;2*1H4. The maximum absolute atomic E-state index is 8.40. The van der Waals surface area contributed by atoms with Gasteiger partial charge in [0.2, 0.25) is 0 Å². The van der Waals surface area contributed by atoms with Gasteiger partial charge in [0, 0.05) is 0 Å². The second-order valence-electron chi connectivity index (χ2n) is 4.45. The fourth-order valence-corrected chi connectivity index (χ4v) is 1.52. The number of aliphatic hydroxyl groups is 1. The first-order valence-electron chi connectivity index (χ1n) is 6.57. The van der Waals surface area contributed by atoms with Crippen LogP contribution in [0.5, 0.6) is 5.75 Å². The summed E-state index contributed by atoms with van der Waals surface area (Å²) in [5.41, 5.74) is 1.41. The van der Waals surface area contributed by atoms with Crippen LogP contribution in [0.15, 0.2) is 60.7 Å². The Bertz CT molecular complexity index is 424. The molecule has 2 rings (SSSR count). The topological polar surface area (TPSA) is 29.5 Å². The van der Waals surface area contributed by atoms with Crippen LogP contribution < -0.4 is 4.74 Å². The van der Waals surface area contributed by atoms with Gasteiger partial charge in [0.25, 0.3) is 0 Å². The average molecular weight is 290 g/mol. The maximum Gasteiger partial charge on any atom is 0.119 e. The van der Waals surface area contributed by atoms with Crippen molar-refractivity contribution in [3.8, 4) is 5.75 Å². The van der Waals surface area contributed by atoms with Gasteiger partial charge in [0.05, 0.1) is 6.61 Å². The highest BCUT2D eigenvalue weighted by atomic mass is 16.5. The first-order chi connectivity index (χ1) is 9.24. The average Bonchev–Trinajstić information content (AvgIpc) is 2.48. The molecule has 0 atom stereocenters. The molecular weight excluding hydrogens is 260 g/mol. The predicted molar refractivity (Wildman–Crippen MR) is 93.0 cm³/mol. The Morgan fingerprint density at radius 2 is 1.33 bits per heavy atom. The zero-order valence-corrected chi connectivity index (χ0v) is 11.6. The van der Waals surface area contributed by atoms with Crippen LogP contribution in [-0.2, 0) is 0 Å². The molecule has 21 heavy (non-hydrogen) atoms. The van der Waals surface area contributed by atoms with Crippen molar-refractivity contribution in [3.63, 3.8) is 0 Å². The summed E-state index contributed by atoms with van der Waals surface area (Å²) in [6.45, 7) is 4.84. The van der Waals surface area contributed by atoms with Crippen molar-refractivity contribution in [2.75, 3.05) is 13.2 Å². The number of hydrogen-bond donors (Lipinski definition) is 1. The minimum absolute atomic E-state index is 0. The zero-order valence-electron chi connectivity index (χ0n) is 11.6. The molecule has 0 aliphatic carbocycles. The molecule has 2 aromatic rings. The van der Waals surface area contributed by atoms with Crippen LogP contribution in [0.1, 0.15) is 40.2 Å². The molecule has 118 valence electrons. The molecule has 2 heteroatoms. The Balaban J connectivity index is 0. The largest absolute Gasteiger partial charge is 0.491 e. The van der Waals surface area contributed by atoms with Crippen LogP contribution in [0.25, 0.3) is 0 Å². The summed E-state index contributed by atoms with van der Waals surface area (Å²) in [6.07, 6.45) is 0. The normalized spacial score (nSPS) is 8.76. The van der Waals surface area contributed by atoms with E-state index in [1.54, 1.807) is 0 Å². The molecule has 0 saturated heterocycles. The Morgan fingerprint density at radius 1 is 0.857 bits per heavy atom. The molecule has 0 spiro atoms. The summed E-state index contributed by atoms with van der Waals surface area (Å²) < 4.78 is 5.11. The number of benzene rings is 2. The summed E-state index contributed by atoms with van der Waals surface area (Å²) in [7, 11) is 0. The summed E-state index contributed by atoms with van der Waals surface area (Å²) in [4.78, 5) is 0. The summed E-state index contributed by atoms with van der Waals surface area (Å²) >= 11 is 0. The van der Waals surface area contributed by atoms with Gasteiger partial charge in [-0.05, 0) is 23.6 Å². The van der Waals surface area contributed by atoms with E-state index in [1.165, 1.54) is 5.56 Å². The third-order valence-electron chi connectivity index (χ3n) is 2.57. The fourth-order valence-electron chi connectivity index (χ4n) is 1.52. The highest BCUT2D eigenvalue weighted by Gasteiger charge is 1.93. The van der Waals surface area contributed by atoms with E-state index in [0.717, 1.165) is 5.75 Å². The molecule has 0 saturated carbocycles. The minimum atomic E-state index is 0. The molecule has 1 N–H and O–H groups in total. The van der Waals surface area contributed by atoms with Crippen molar-refractivity contribution in [2.45, 2.75) is 34.6 Å². The Labute approximate surface area is 130 Å². The zero-order chi connectivity index (χ0) is 13.9. The molecule has 0 aromatic heterocycles. The number of hydrogen-bond acceptors (Lipinski definition) is 2. The second kappa shape index (κ2) is 13.2. The quantitative estimate of drug-likeness (QED) is 0.844. The van der Waals surface area contributed by atoms with E-state index >= 15 is 0 Å². The molecule has 0 aliphatic rings. The van der Waals surface area contributed by atoms with Gasteiger partial charge in [-0.3, -0.25) is 0 Å². The van der Waals surface area contributed by atoms with E-state index in [4.69, 9.17) is 9.84 Å². The molecule has 0 radical (unpaired) electrons. The molecule has 2 nitrogen and oxygen atoms in total. The molecule has 0 fully saturated rings. The van der Waals surface area contributed by atoms with Crippen LogP contribution in [0.4, 0.5) is 0 Å². The number of ether oxygens (including phenoxy) is 1. The van der Waals surface area contributed by atoms with Gasteiger partial charge >= 0.3 is 0 Å². The smallest absolute Gasteiger partial charge is 0.119 e. The maximum atomic E-state index is 8.40. The highest BCUT2D eigenvalue weighted by molar-refractivity contribution is 5.20. The van der Waals surface area contributed by atoms with E-state index in [0.29, 0.717) is 12.5 Å². The van der Waals surface area contributed by atoms with Gasteiger partial charge < -0.3 is 9.84 Å². The van der Waals surface area contributed by atoms with Crippen molar-refractivity contribution in [1.82, 2.24) is 0 Å². The van der Waals surface area contributed by atoms with Crippen LogP contribution in [-0.4, -0.2) is 18.3 Å². The minimum Gasteiger partial charge on any atom is -0.491 e. The van der Waals surface area contributed by atoms with Crippen molar-refractivity contribution in [1.29, 1.82) is 0 Å². The van der Waals surface area contributed by atoms with Gasteiger partial charge in [0.15, 0.2) is 0 Å². The Morgan fingerprint density at radius 3 is 1.71 bits per heavy atom. The van der Waals surface area contributed by atoms with Crippen LogP contribution in [0, 0.1) is 0 Å². The lowest BCUT2D eigenvalue weighted by Crippen LogP contribution is -2.00. The molecule has 0 unspecified atom stereocenters. The van der Waals surface area contributed by atoms with Crippen LogP contribution >= 0.6 is 0 Å².